The molecule has 1 aromatic rings. The van der Waals surface area contributed by atoms with Crippen LogP contribution in [0.4, 0.5) is 0 Å². The van der Waals surface area contributed by atoms with Crippen LogP contribution in [0.1, 0.15) is 115 Å². The van der Waals surface area contributed by atoms with Gasteiger partial charge in [0, 0.05) is 0 Å². The second-order valence-electron chi connectivity index (χ2n) is 16.2. The van der Waals surface area contributed by atoms with E-state index in [4.69, 9.17) is 4.74 Å². The van der Waals surface area contributed by atoms with Gasteiger partial charge < -0.3 is 9.84 Å². The van der Waals surface area contributed by atoms with Gasteiger partial charge in [-0.2, -0.15) is 0 Å². The third kappa shape index (κ3) is 3.65. The van der Waals surface area contributed by atoms with Crippen molar-refractivity contribution in [2.45, 2.75) is 99.3 Å². The smallest absolute Gasteiger partial charge is 0.338 e. The van der Waals surface area contributed by atoms with Gasteiger partial charge in [-0.05, 0) is 133 Å². The van der Waals surface area contributed by atoms with Crippen LogP contribution < -0.4 is 0 Å². The average Bonchev–Trinajstić information content (AvgIpc) is 3.34. The van der Waals surface area contributed by atoms with Crippen LogP contribution in [-0.2, 0) is 9.53 Å². The van der Waals surface area contributed by atoms with Crippen molar-refractivity contribution in [2.75, 3.05) is 7.11 Å². The van der Waals surface area contributed by atoms with E-state index >= 15 is 0 Å². The predicted octanol–water partition coefficient (Wildman–Crippen LogP) is 9.21. The zero-order valence-electron chi connectivity index (χ0n) is 27.0. The van der Waals surface area contributed by atoms with E-state index in [9.17, 15) is 14.7 Å². The Labute approximate surface area is 253 Å². The molecule has 5 aliphatic rings. The third-order valence-electron chi connectivity index (χ3n) is 14.7. The molecule has 0 heterocycles. The molecule has 1 N–H and O–H groups in total. The summed E-state index contributed by atoms with van der Waals surface area (Å²) in [6, 6.07) is 7.95. The first-order valence-corrected chi connectivity index (χ1v) is 16.5. The van der Waals surface area contributed by atoms with Crippen LogP contribution in [0.3, 0.4) is 0 Å². The zero-order chi connectivity index (χ0) is 30.5. The summed E-state index contributed by atoms with van der Waals surface area (Å²) in [5.74, 6) is 1.23. The molecule has 4 heteroatoms. The summed E-state index contributed by atoms with van der Waals surface area (Å²) in [4.78, 5) is 25.7. The molecule has 6 rings (SSSR count). The van der Waals surface area contributed by atoms with Gasteiger partial charge in [-0.1, -0.05) is 71.0 Å². The van der Waals surface area contributed by atoms with Crippen molar-refractivity contribution in [3.63, 3.8) is 0 Å². The number of methoxy groups -OCH3 is 1. The summed E-state index contributed by atoms with van der Waals surface area (Å²) in [5, 5.41) is 10.6. The largest absolute Gasteiger partial charge is 0.481 e. The standard InChI is InChI=1S/C38H52O4/c1-23(2)24-15-20-38(33(40)41)22-21-36(6)28(31(24)38)13-14-30-35(5)18-16-27(25-11-9-10-12-26(25)32(39)42-8)34(3,4)29(35)17-19-37(30,36)7/h9-12,16,24,28-31H,1,13-15,17-22H2,2-8H3,(H,40,41)/t24-,28+,29-,30+,31+,35-,36+,37+,38-/m0/s1. The number of rotatable bonds is 4. The number of esters is 1. The first kappa shape index (κ1) is 29.7. The van der Waals surface area contributed by atoms with Crippen molar-refractivity contribution >= 4 is 17.5 Å². The molecule has 5 aliphatic carbocycles. The van der Waals surface area contributed by atoms with Gasteiger partial charge in [0.2, 0.25) is 0 Å². The molecule has 9 atom stereocenters. The number of hydrogen-bond acceptors (Lipinski definition) is 3. The normalized spacial score (nSPS) is 43.6. The fraction of sp³-hybridized carbons (Fsp3) is 0.684. The highest BCUT2D eigenvalue weighted by Gasteiger charge is 2.71. The number of carbonyl (C=O) groups excluding carboxylic acids is 1. The highest BCUT2D eigenvalue weighted by Crippen LogP contribution is 2.77. The fourth-order valence-corrected chi connectivity index (χ4v) is 12.6. The second kappa shape index (κ2) is 9.57. The van der Waals surface area contributed by atoms with E-state index in [0.717, 1.165) is 50.5 Å². The van der Waals surface area contributed by atoms with Gasteiger partial charge in [-0.25, -0.2) is 4.79 Å². The van der Waals surface area contributed by atoms with Crippen molar-refractivity contribution in [3.8, 4) is 0 Å². The molecule has 0 radical (unpaired) electrons. The number of carboxylic acids is 1. The molecule has 0 unspecified atom stereocenters. The minimum atomic E-state index is -0.574. The van der Waals surface area contributed by atoms with Crippen molar-refractivity contribution < 1.29 is 19.4 Å². The SMILES string of the molecule is C=C(C)[C@@H]1CC[C@]2(C(=O)O)CC[C@]3(C)[C@H](CC[C@@H]4[C@@]5(C)CC=C(c6ccccc6C(=O)OC)C(C)(C)[C@@H]5CC[C@]43C)[C@@H]12. The highest BCUT2D eigenvalue weighted by molar-refractivity contribution is 5.96. The minimum Gasteiger partial charge on any atom is -0.481 e. The van der Waals surface area contributed by atoms with E-state index in [1.807, 2.05) is 18.2 Å². The van der Waals surface area contributed by atoms with Gasteiger partial charge in [0.05, 0.1) is 18.1 Å². The molecule has 1 aromatic carbocycles. The van der Waals surface area contributed by atoms with Gasteiger partial charge in [-0.15, -0.1) is 0 Å². The number of benzene rings is 1. The Morgan fingerprint density at radius 3 is 2.29 bits per heavy atom. The Kier molecular flexibility index (Phi) is 6.77. The maximum atomic E-state index is 12.9. The van der Waals surface area contributed by atoms with E-state index in [1.165, 1.54) is 31.1 Å². The maximum absolute atomic E-state index is 12.9. The summed E-state index contributed by atoms with van der Waals surface area (Å²) in [6.45, 7) is 19.1. The lowest BCUT2D eigenvalue weighted by molar-refractivity contribution is -0.227. The molecular weight excluding hydrogens is 520 g/mol. The van der Waals surface area contributed by atoms with Crippen LogP contribution in [0.15, 0.2) is 42.5 Å². The molecular formula is C38H52O4. The Morgan fingerprint density at radius 1 is 0.905 bits per heavy atom. The number of fused-ring (bicyclic) bond motifs is 7. The van der Waals surface area contributed by atoms with E-state index in [-0.39, 0.29) is 33.5 Å². The van der Waals surface area contributed by atoms with Gasteiger partial charge >= 0.3 is 11.9 Å². The lowest BCUT2D eigenvalue weighted by Gasteiger charge is -2.72. The molecule has 228 valence electrons. The molecule has 0 spiro atoms. The van der Waals surface area contributed by atoms with Crippen molar-refractivity contribution in [2.24, 2.45) is 56.7 Å². The molecule has 0 aliphatic heterocycles. The van der Waals surface area contributed by atoms with Crippen molar-refractivity contribution in [1.82, 2.24) is 0 Å². The summed E-state index contributed by atoms with van der Waals surface area (Å²) in [7, 11) is 1.46. The number of carbonyl (C=O) groups is 2. The third-order valence-corrected chi connectivity index (χ3v) is 14.7. The molecule has 0 saturated heterocycles. The summed E-state index contributed by atoms with van der Waals surface area (Å²) in [5.41, 5.74) is 3.93. The first-order chi connectivity index (χ1) is 19.7. The molecule has 0 aromatic heterocycles. The zero-order valence-corrected chi connectivity index (χ0v) is 27.0. The highest BCUT2D eigenvalue weighted by atomic mass is 16.5. The molecule has 0 bridgehead atoms. The van der Waals surface area contributed by atoms with Crippen LogP contribution in [-0.4, -0.2) is 24.2 Å². The lowest BCUT2D eigenvalue weighted by atomic mass is 9.32. The van der Waals surface area contributed by atoms with Gasteiger partial charge in [-0.3, -0.25) is 4.79 Å². The Balaban J connectivity index is 1.40. The van der Waals surface area contributed by atoms with Gasteiger partial charge in [0.15, 0.2) is 0 Å². The molecule has 4 nitrogen and oxygen atoms in total. The van der Waals surface area contributed by atoms with Crippen molar-refractivity contribution in [3.05, 3.63) is 53.6 Å². The molecule has 4 saturated carbocycles. The Morgan fingerprint density at radius 2 is 1.62 bits per heavy atom. The summed E-state index contributed by atoms with van der Waals surface area (Å²) < 4.78 is 5.17. The van der Waals surface area contributed by atoms with Gasteiger partial charge in [0.25, 0.3) is 0 Å². The molecule has 4 fully saturated rings. The van der Waals surface area contributed by atoms with E-state index < -0.39 is 11.4 Å². The Hall–Kier alpha value is -2.36. The van der Waals surface area contributed by atoms with Crippen LogP contribution in [0.2, 0.25) is 0 Å². The van der Waals surface area contributed by atoms with Crippen LogP contribution in [0.5, 0.6) is 0 Å². The minimum absolute atomic E-state index is 0.0856. The molecule has 42 heavy (non-hydrogen) atoms. The predicted molar refractivity (Wildman–Crippen MR) is 168 cm³/mol. The fourth-order valence-electron chi connectivity index (χ4n) is 12.6. The van der Waals surface area contributed by atoms with Gasteiger partial charge in [0.1, 0.15) is 0 Å². The van der Waals surface area contributed by atoms with Crippen LogP contribution in [0.25, 0.3) is 5.57 Å². The molecule has 0 amide bonds. The number of ether oxygens (including phenoxy) is 1. The van der Waals surface area contributed by atoms with Crippen LogP contribution >= 0.6 is 0 Å². The first-order valence-electron chi connectivity index (χ1n) is 16.5. The maximum Gasteiger partial charge on any atom is 0.338 e. The number of hydrogen-bond donors (Lipinski definition) is 1. The summed E-state index contributed by atoms with van der Waals surface area (Å²) in [6.07, 6.45) is 11.8. The van der Waals surface area contributed by atoms with E-state index in [1.54, 1.807) is 0 Å². The number of allylic oxidation sites excluding steroid dienone is 3. The lowest BCUT2D eigenvalue weighted by Crippen LogP contribution is -2.65. The summed E-state index contributed by atoms with van der Waals surface area (Å²) >= 11 is 0. The second-order valence-corrected chi connectivity index (χ2v) is 16.2. The van der Waals surface area contributed by atoms with Crippen molar-refractivity contribution in [1.29, 1.82) is 0 Å². The quantitative estimate of drug-likeness (QED) is 0.289. The van der Waals surface area contributed by atoms with E-state index in [0.29, 0.717) is 29.2 Å². The Bertz CT molecular complexity index is 1350. The van der Waals surface area contributed by atoms with Crippen LogP contribution in [0, 0.1) is 56.7 Å². The number of carboxylic acid groups (broad SMARTS) is 1. The average molecular weight is 573 g/mol. The monoisotopic (exact) mass is 572 g/mol. The topological polar surface area (TPSA) is 63.6 Å². The number of aliphatic carboxylic acids is 1. The van der Waals surface area contributed by atoms with E-state index in [2.05, 4.69) is 60.3 Å².